The topological polar surface area (TPSA) is 70.8 Å². The molecule has 0 amide bonds. The van der Waals surface area contributed by atoms with Crippen molar-refractivity contribution in [3.8, 4) is 5.69 Å². The summed E-state index contributed by atoms with van der Waals surface area (Å²) in [4.78, 5) is 6.88. The quantitative estimate of drug-likeness (QED) is 0.175. The van der Waals surface area contributed by atoms with Crippen LogP contribution in [0.25, 0.3) is 27.8 Å². The smallest absolute Gasteiger partial charge is 0.239 e. The SMILES string of the molecule is CN(C)c1ccc(N=Nc2ccc3nc4c(N)cccc4[n+](-c4ccccc4)c3c2)cc1. The molecule has 0 aliphatic carbocycles. The van der Waals surface area contributed by atoms with Crippen molar-refractivity contribution in [2.75, 3.05) is 24.7 Å². The van der Waals surface area contributed by atoms with Crippen molar-refractivity contribution in [1.82, 2.24) is 4.98 Å². The predicted molar refractivity (Wildman–Crippen MR) is 130 cm³/mol. The van der Waals surface area contributed by atoms with Gasteiger partial charge in [0.05, 0.1) is 17.1 Å². The molecule has 1 aromatic heterocycles. The van der Waals surface area contributed by atoms with E-state index in [0.717, 1.165) is 44.8 Å². The van der Waals surface area contributed by atoms with E-state index in [0.29, 0.717) is 5.69 Å². The molecule has 0 radical (unpaired) electrons. The van der Waals surface area contributed by atoms with Crippen LogP contribution in [0, 0.1) is 0 Å². The fraction of sp³-hybridized carbons (Fsp3) is 0.0769. The van der Waals surface area contributed by atoms with Gasteiger partial charge in [0.1, 0.15) is 5.52 Å². The zero-order valence-corrected chi connectivity index (χ0v) is 18.0. The molecular formula is C26H23N6+. The maximum absolute atomic E-state index is 6.25. The minimum absolute atomic E-state index is 0.652. The van der Waals surface area contributed by atoms with E-state index in [1.54, 1.807) is 0 Å². The summed E-state index contributed by atoms with van der Waals surface area (Å²) in [6.45, 7) is 0. The average Bonchev–Trinajstić information content (AvgIpc) is 2.82. The Kier molecular flexibility index (Phi) is 4.95. The predicted octanol–water partition coefficient (Wildman–Crippen LogP) is 5.73. The number of hydrogen-bond acceptors (Lipinski definition) is 5. The fourth-order valence-corrected chi connectivity index (χ4v) is 3.74. The zero-order valence-electron chi connectivity index (χ0n) is 18.0. The Morgan fingerprint density at radius 1 is 0.750 bits per heavy atom. The van der Waals surface area contributed by atoms with Gasteiger partial charge in [-0.25, -0.2) is 4.98 Å². The second-order valence-corrected chi connectivity index (χ2v) is 7.78. The van der Waals surface area contributed by atoms with Gasteiger partial charge in [0.2, 0.25) is 16.7 Å². The highest BCUT2D eigenvalue weighted by Crippen LogP contribution is 2.26. The molecule has 0 fully saturated rings. The summed E-state index contributed by atoms with van der Waals surface area (Å²) >= 11 is 0. The number of rotatable bonds is 4. The summed E-state index contributed by atoms with van der Waals surface area (Å²) in [6, 6.07) is 29.9. The van der Waals surface area contributed by atoms with E-state index in [9.17, 15) is 0 Å². The fourth-order valence-electron chi connectivity index (χ4n) is 3.74. The highest BCUT2D eigenvalue weighted by molar-refractivity contribution is 5.90. The van der Waals surface area contributed by atoms with Crippen LogP contribution < -0.4 is 15.2 Å². The Bertz CT molecular complexity index is 1440. The van der Waals surface area contributed by atoms with E-state index in [1.807, 2.05) is 93.0 Å². The van der Waals surface area contributed by atoms with Crippen LogP contribution in [0.15, 0.2) is 101 Å². The number of aromatic nitrogens is 2. The van der Waals surface area contributed by atoms with E-state index >= 15 is 0 Å². The van der Waals surface area contributed by atoms with Crippen LogP contribution in [0.3, 0.4) is 0 Å². The summed E-state index contributed by atoms with van der Waals surface area (Å²) in [5.74, 6) is 0. The minimum atomic E-state index is 0.652. The molecule has 4 aromatic carbocycles. The van der Waals surface area contributed by atoms with Crippen LogP contribution in [0.5, 0.6) is 0 Å². The molecule has 6 heteroatoms. The number of hydrogen-bond donors (Lipinski definition) is 1. The Morgan fingerprint density at radius 3 is 2.22 bits per heavy atom. The molecule has 156 valence electrons. The largest absolute Gasteiger partial charge is 0.397 e. The van der Waals surface area contributed by atoms with Crippen LogP contribution in [0.4, 0.5) is 22.7 Å². The van der Waals surface area contributed by atoms with Gasteiger partial charge in [-0.3, -0.25) is 0 Å². The lowest BCUT2D eigenvalue weighted by Crippen LogP contribution is -2.33. The maximum Gasteiger partial charge on any atom is 0.239 e. The lowest BCUT2D eigenvalue weighted by atomic mass is 10.2. The second kappa shape index (κ2) is 8.07. The van der Waals surface area contributed by atoms with Gasteiger partial charge in [-0.15, -0.1) is 4.57 Å². The van der Waals surface area contributed by atoms with Gasteiger partial charge in [0.15, 0.2) is 5.52 Å². The van der Waals surface area contributed by atoms with E-state index in [1.165, 1.54) is 0 Å². The number of nitrogen functional groups attached to an aromatic ring is 1. The average molecular weight is 420 g/mol. The Balaban J connectivity index is 1.65. The molecule has 6 nitrogen and oxygen atoms in total. The van der Waals surface area contributed by atoms with Crippen LogP contribution >= 0.6 is 0 Å². The maximum atomic E-state index is 6.25. The summed E-state index contributed by atoms with van der Waals surface area (Å²) < 4.78 is 2.17. The molecule has 0 atom stereocenters. The third-order valence-corrected chi connectivity index (χ3v) is 5.38. The van der Waals surface area contributed by atoms with E-state index in [4.69, 9.17) is 10.7 Å². The van der Waals surface area contributed by atoms with Crippen molar-refractivity contribution in [2.24, 2.45) is 10.2 Å². The number of fused-ring (bicyclic) bond motifs is 2. The monoisotopic (exact) mass is 419 g/mol. The first-order chi connectivity index (χ1) is 15.6. The van der Waals surface area contributed by atoms with E-state index in [2.05, 4.69) is 31.8 Å². The van der Waals surface area contributed by atoms with Crippen molar-refractivity contribution >= 4 is 44.8 Å². The summed E-state index contributed by atoms with van der Waals surface area (Å²) in [5, 5.41) is 8.90. The molecule has 2 N–H and O–H groups in total. The molecule has 0 aliphatic rings. The van der Waals surface area contributed by atoms with Gasteiger partial charge in [0, 0.05) is 44.0 Å². The first-order valence-electron chi connectivity index (χ1n) is 10.4. The Labute approximate surface area is 186 Å². The van der Waals surface area contributed by atoms with Gasteiger partial charge in [-0.2, -0.15) is 10.2 Å². The highest BCUT2D eigenvalue weighted by Gasteiger charge is 2.20. The third-order valence-electron chi connectivity index (χ3n) is 5.38. The van der Waals surface area contributed by atoms with Crippen molar-refractivity contribution in [3.63, 3.8) is 0 Å². The molecule has 32 heavy (non-hydrogen) atoms. The lowest BCUT2D eigenvalue weighted by molar-refractivity contribution is -0.538. The molecule has 0 saturated heterocycles. The van der Waals surface area contributed by atoms with Crippen molar-refractivity contribution in [2.45, 2.75) is 0 Å². The van der Waals surface area contributed by atoms with Gasteiger partial charge in [0.25, 0.3) is 0 Å². The molecule has 1 heterocycles. The Hall–Kier alpha value is -4.32. The molecular weight excluding hydrogens is 396 g/mol. The van der Waals surface area contributed by atoms with Crippen LogP contribution in [0.2, 0.25) is 0 Å². The summed E-state index contributed by atoms with van der Waals surface area (Å²) in [7, 11) is 4.03. The first-order valence-corrected chi connectivity index (χ1v) is 10.4. The summed E-state index contributed by atoms with van der Waals surface area (Å²) in [5.41, 5.74) is 14.1. The first kappa shape index (κ1) is 19.6. The van der Waals surface area contributed by atoms with Gasteiger partial charge < -0.3 is 10.6 Å². The number of anilines is 2. The van der Waals surface area contributed by atoms with Gasteiger partial charge in [-0.05, 0) is 42.5 Å². The molecule has 0 unspecified atom stereocenters. The zero-order chi connectivity index (χ0) is 22.1. The van der Waals surface area contributed by atoms with Crippen LogP contribution in [0.1, 0.15) is 0 Å². The summed E-state index contributed by atoms with van der Waals surface area (Å²) in [6.07, 6.45) is 0. The molecule has 0 saturated carbocycles. The highest BCUT2D eigenvalue weighted by atomic mass is 15.1. The van der Waals surface area contributed by atoms with Crippen LogP contribution in [-0.2, 0) is 0 Å². The van der Waals surface area contributed by atoms with Crippen LogP contribution in [-0.4, -0.2) is 19.1 Å². The third kappa shape index (κ3) is 3.63. The number of azo groups is 1. The number of nitrogens with two attached hydrogens (primary N) is 1. The molecule has 0 aliphatic heterocycles. The van der Waals surface area contributed by atoms with Gasteiger partial charge >= 0.3 is 0 Å². The van der Waals surface area contributed by atoms with Crippen molar-refractivity contribution < 1.29 is 4.57 Å². The molecule has 5 aromatic rings. The normalized spacial score (nSPS) is 11.4. The second-order valence-electron chi connectivity index (χ2n) is 7.78. The number of benzene rings is 4. The van der Waals surface area contributed by atoms with Crippen molar-refractivity contribution in [3.05, 3.63) is 91.0 Å². The number of para-hydroxylation sites is 2. The standard InChI is InChI=1S/C26H22N6/c1-31(2)20-14-11-18(12-15-20)29-30-19-13-16-23-25(17-19)32(21-7-4-3-5-8-21)24-10-6-9-22(27)26(24)28-23/h3-17,27H,1-2H3/p+1. The molecule has 5 rings (SSSR count). The van der Waals surface area contributed by atoms with E-state index < -0.39 is 0 Å². The Morgan fingerprint density at radius 2 is 1.47 bits per heavy atom. The van der Waals surface area contributed by atoms with Gasteiger partial charge in [-0.1, -0.05) is 24.3 Å². The lowest BCUT2D eigenvalue weighted by Gasteiger charge is -2.11. The minimum Gasteiger partial charge on any atom is -0.397 e. The molecule has 0 bridgehead atoms. The number of nitrogens with zero attached hydrogens (tertiary/aromatic N) is 5. The van der Waals surface area contributed by atoms with E-state index in [-0.39, 0.29) is 0 Å². The van der Waals surface area contributed by atoms with Crippen molar-refractivity contribution in [1.29, 1.82) is 0 Å². The molecule has 0 spiro atoms.